The van der Waals surface area contributed by atoms with Gasteiger partial charge in [0.25, 0.3) is 5.69 Å². The number of pyridine rings is 1. The van der Waals surface area contributed by atoms with Crippen LogP contribution in [0.2, 0.25) is 0 Å². The zero-order valence-electron chi connectivity index (χ0n) is 9.41. The van der Waals surface area contributed by atoms with Crippen LogP contribution in [0.1, 0.15) is 5.56 Å². The summed E-state index contributed by atoms with van der Waals surface area (Å²) in [6.45, 7) is 0. The van der Waals surface area contributed by atoms with E-state index in [1.165, 1.54) is 24.4 Å². The Labute approximate surface area is 116 Å². The molecule has 0 radical (unpaired) electrons. The molecule has 0 aliphatic rings. The van der Waals surface area contributed by atoms with Gasteiger partial charge in [0.15, 0.2) is 0 Å². The van der Waals surface area contributed by atoms with Crippen molar-refractivity contribution >= 4 is 21.6 Å². The van der Waals surface area contributed by atoms with E-state index in [1.54, 1.807) is 18.3 Å². The monoisotopic (exact) mass is 319 g/mol. The molecular formula is C12H6BrN3O3. The maximum Gasteiger partial charge on any atom is 0.287 e. The molecule has 1 aromatic carbocycles. The third kappa shape index (κ3) is 3.05. The number of benzene rings is 1. The van der Waals surface area contributed by atoms with E-state index in [0.29, 0.717) is 11.5 Å². The molecule has 1 heterocycles. The van der Waals surface area contributed by atoms with E-state index >= 15 is 0 Å². The highest BCUT2D eigenvalue weighted by atomic mass is 79.9. The summed E-state index contributed by atoms with van der Waals surface area (Å²) < 4.78 is 6.21. The molecule has 0 spiro atoms. The minimum atomic E-state index is -0.608. The molecule has 0 N–H and O–H groups in total. The highest BCUT2D eigenvalue weighted by Gasteiger charge is 2.14. The summed E-state index contributed by atoms with van der Waals surface area (Å²) in [7, 11) is 0. The van der Waals surface area contributed by atoms with Gasteiger partial charge in [-0.15, -0.1) is 0 Å². The average molecular weight is 320 g/mol. The van der Waals surface area contributed by atoms with Gasteiger partial charge in [-0.2, -0.15) is 5.26 Å². The van der Waals surface area contributed by atoms with E-state index in [9.17, 15) is 10.1 Å². The van der Waals surface area contributed by atoms with Gasteiger partial charge < -0.3 is 4.74 Å². The maximum absolute atomic E-state index is 10.7. The Morgan fingerprint density at radius 3 is 2.74 bits per heavy atom. The van der Waals surface area contributed by atoms with Crippen molar-refractivity contribution in [2.45, 2.75) is 0 Å². The topological polar surface area (TPSA) is 89.0 Å². The lowest BCUT2D eigenvalue weighted by molar-refractivity contribution is -0.385. The molecule has 0 bridgehead atoms. The van der Waals surface area contributed by atoms with Crippen LogP contribution < -0.4 is 4.74 Å². The van der Waals surface area contributed by atoms with Gasteiger partial charge in [0, 0.05) is 22.8 Å². The van der Waals surface area contributed by atoms with Crippen LogP contribution >= 0.6 is 15.9 Å². The number of hydrogen-bond donors (Lipinski definition) is 0. The lowest BCUT2D eigenvalue weighted by Crippen LogP contribution is -1.93. The normalized spacial score (nSPS) is 9.68. The number of rotatable bonds is 3. The van der Waals surface area contributed by atoms with Crippen molar-refractivity contribution in [2.75, 3.05) is 0 Å². The number of ether oxygens (including phenoxy) is 1. The minimum Gasteiger partial charge on any atom is -0.456 e. The van der Waals surface area contributed by atoms with Gasteiger partial charge >= 0.3 is 0 Å². The van der Waals surface area contributed by atoms with E-state index in [4.69, 9.17) is 10.00 Å². The first-order valence-electron chi connectivity index (χ1n) is 5.07. The first-order valence-corrected chi connectivity index (χ1v) is 5.86. The van der Waals surface area contributed by atoms with Crippen LogP contribution in [0.15, 0.2) is 41.1 Å². The molecular weight excluding hydrogens is 314 g/mol. The Morgan fingerprint density at radius 1 is 1.32 bits per heavy atom. The largest absolute Gasteiger partial charge is 0.456 e. The molecule has 19 heavy (non-hydrogen) atoms. The Hall–Kier alpha value is -2.46. The van der Waals surface area contributed by atoms with Crippen molar-refractivity contribution < 1.29 is 9.66 Å². The fraction of sp³-hybridized carbons (Fsp3) is 0. The lowest BCUT2D eigenvalue weighted by Gasteiger charge is -2.05. The van der Waals surface area contributed by atoms with Crippen LogP contribution in [-0.2, 0) is 0 Å². The molecule has 2 rings (SSSR count). The molecule has 0 aliphatic carbocycles. The number of nitriles is 1. The fourth-order valence-electron chi connectivity index (χ4n) is 1.41. The van der Waals surface area contributed by atoms with E-state index in [1.807, 2.05) is 0 Å². The number of nitro benzene ring substituents is 1. The quantitative estimate of drug-likeness (QED) is 0.638. The predicted octanol–water partition coefficient (Wildman–Crippen LogP) is 3.42. The summed E-state index contributed by atoms with van der Waals surface area (Å²) in [4.78, 5) is 14.0. The summed E-state index contributed by atoms with van der Waals surface area (Å²) in [6, 6.07) is 7.45. The van der Waals surface area contributed by atoms with Gasteiger partial charge in [0.05, 0.1) is 11.1 Å². The van der Waals surface area contributed by atoms with Crippen molar-refractivity contribution in [3.8, 4) is 17.6 Å². The van der Waals surface area contributed by atoms with E-state index in [2.05, 4.69) is 20.9 Å². The third-order valence-corrected chi connectivity index (χ3v) is 2.63. The smallest absolute Gasteiger partial charge is 0.287 e. The average Bonchev–Trinajstić information content (AvgIpc) is 2.38. The molecule has 6 nitrogen and oxygen atoms in total. The van der Waals surface area contributed by atoms with Gasteiger partial charge in [-0.1, -0.05) is 0 Å². The molecule has 0 aliphatic heterocycles. The summed E-state index contributed by atoms with van der Waals surface area (Å²) in [5.41, 5.74) is -0.298. The number of nitrogens with zero attached hydrogens (tertiary/aromatic N) is 3. The second kappa shape index (κ2) is 5.46. The first-order chi connectivity index (χ1) is 9.10. The van der Waals surface area contributed by atoms with Crippen LogP contribution in [0, 0.1) is 21.4 Å². The van der Waals surface area contributed by atoms with Crippen LogP contribution in [0.4, 0.5) is 5.69 Å². The van der Waals surface area contributed by atoms with Gasteiger partial charge in [-0.05, 0) is 28.1 Å². The summed E-state index contributed by atoms with van der Waals surface area (Å²) in [5, 5.41) is 19.6. The summed E-state index contributed by atoms with van der Waals surface area (Å²) >= 11 is 3.25. The van der Waals surface area contributed by atoms with Crippen LogP contribution in [0.5, 0.6) is 11.5 Å². The maximum atomic E-state index is 10.7. The third-order valence-electron chi connectivity index (χ3n) is 2.20. The van der Waals surface area contributed by atoms with Gasteiger partial charge in [-0.3, -0.25) is 15.1 Å². The number of hydrogen-bond acceptors (Lipinski definition) is 5. The molecule has 0 unspecified atom stereocenters. The molecule has 0 saturated carbocycles. The van der Waals surface area contributed by atoms with Crippen molar-refractivity contribution in [1.82, 2.24) is 4.98 Å². The zero-order chi connectivity index (χ0) is 13.8. The summed E-state index contributed by atoms with van der Waals surface area (Å²) in [5.74, 6) is 0.800. The second-order valence-electron chi connectivity index (χ2n) is 3.49. The molecule has 7 heteroatoms. The Kier molecular flexibility index (Phi) is 3.73. The summed E-state index contributed by atoms with van der Waals surface area (Å²) in [6.07, 6.45) is 3.10. The van der Waals surface area contributed by atoms with Gasteiger partial charge in [0.2, 0.25) is 0 Å². The molecule has 94 valence electrons. The molecule has 2 aromatic rings. The van der Waals surface area contributed by atoms with Crippen LogP contribution in [0.25, 0.3) is 0 Å². The fourth-order valence-corrected chi connectivity index (χ4v) is 1.76. The predicted molar refractivity (Wildman–Crippen MR) is 69.8 cm³/mol. The number of halogens is 1. The highest BCUT2D eigenvalue weighted by molar-refractivity contribution is 9.10. The molecule has 0 atom stereocenters. The van der Waals surface area contributed by atoms with E-state index < -0.39 is 4.92 Å². The minimum absolute atomic E-state index is 0.0505. The van der Waals surface area contributed by atoms with Crippen molar-refractivity contribution in [3.63, 3.8) is 0 Å². The second-order valence-corrected chi connectivity index (χ2v) is 4.40. The molecule has 0 saturated heterocycles. The zero-order valence-corrected chi connectivity index (χ0v) is 11.0. The Bertz CT molecular complexity index is 682. The Morgan fingerprint density at radius 2 is 2.11 bits per heavy atom. The van der Waals surface area contributed by atoms with Crippen LogP contribution in [0.3, 0.4) is 0 Å². The van der Waals surface area contributed by atoms with Crippen LogP contribution in [-0.4, -0.2) is 9.91 Å². The first kappa shape index (κ1) is 13.0. The standard InChI is InChI=1S/C12H6BrN3O3/c13-9-4-11(7-15-6-9)19-10-1-2-12(16(17)18)8(3-10)5-14/h1-4,6-7H. The van der Waals surface area contributed by atoms with Crippen molar-refractivity contribution in [1.29, 1.82) is 5.26 Å². The lowest BCUT2D eigenvalue weighted by atomic mass is 10.2. The Balaban J connectivity index is 2.32. The van der Waals surface area contributed by atoms with Gasteiger partial charge in [0.1, 0.15) is 23.1 Å². The van der Waals surface area contributed by atoms with Gasteiger partial charge in [-0.25, -0.2) is 0 Å². The molecule has 1 aromatic heterocycles. The number of nitro groups is 1. The highest BCUT2D eigenvalue weighted by Crippen LogP contribution is 2.27. The molecule has 0 amide bonds. The van der Waals surface area contributed by atoms with Crippen molar-refractivity contribution in [3.05, 3.63) is 56.8 Å². The van der Waals surface area contributed by atoms with Crippen molar-refractivity contribution in [2.24, 2.45) is 0 Å². The SMILES string of the molecule is N#Cc1cc(Oc2cncc(Br)c2)ccc1[N+](=O)[O-]. The van der Waals surface area contributed by atoms with E-state index in [-0.39, 0.29) is 11.3 Å². The number of aromatic nitrogens is 1. The molecule has 0 fully saturated rings. The van der Waals surface area contributed by atoms with E-state index in [0.717, 1.165) is 4.47 Å².